The zero-order valence-electron chi connectivity index (χ0n) is 55.2. The van der Waals surface area contributed by atoms with E-state index in [-0.39, 0.29) is 29.0 Å². The molecule has 1 unspecified atom stereocenters. The largest absolute Gasteiger partial charge is 1.00 e. The van der Waals surface area contributed by atoms with Crippen LogP contribution in [-0.4, -0.2) is 32.3 Å². The molecule has 9 rings (SSSR count). The van der Waals surface area contributed by atoms with Crippen LogP contribution in [-0.2, 0) is 17.1 Å². The first-order valence-electron chi connectivity index (χ1n) is 30.1. The quantitative estimate of drug-likeness (QED) is 0.0394. The fraction of sp³-hybridized carbons (Fsp3) is 0.250. The van der Waals surface area contributed by atoms with Gasteiger partial charge in [0.1, 0.15) is 14.1 Å². The van der Waals surface area contributed by atoms with E-state index in [0.717, 1.165) is 64.3 Å². The van der Waals surface area contributed by atoms with Gasteiger partial charge in [-0.05, 0) is 162 Å². The third-order valence-corrected chi connectivity index (χ3v) is 19.3. The van der Waals surface area contributed by atoms with Crippen LogP contribution < -0.4 is 16.4 Å². The van der Waals surface area contributed by atoms with Gasteiger partial charge < -0.3 is 28.3 Å². The van der Waals surface area contributed by atoms with Crippen LogP contribution >= 0.6 is 122 Å². The first-order chi connectivity index (χ1) is 43.7. The molecule has 94 heavy (non-hydrogen) atoms. The number of carbonyl (C=O) groups excluding carboxylic acids is 2. The van der Waals surface area contributed by atoms with E-state index in [1.807, 2.05) is 84.9 Å². The molecule has 6 nitrogen and oxygen atoms in total. The fourth-order valence-corrected chi connectivity index (χ4v) is 13.5. The molecule has 1 amide bonds. The van der Waals surface area contributed by atoms with Gasteiger partial charge in [-0.2, -0.15) is 0 Å². The number of hydrogen-bond acceptors (Lipinski definition) is 5. The summed E-state index contributed by atoms with van der Waals surface area (Å²) in [6.45, 7) is 30.3. The summed E-state index contributed by atoms with van der Waals surface area (Å²) in [5.41, 5.74) is 24.1. The summed E-state index contributed by atoms with van der Waals surface area (Å²) in [5.74, 6) is 4.98. The average Bonchev–Trinajstić information content (AvgIpc) is 0.875. The number of halogens is 9. The van der Waals surface area contributed by atoms with Crippen molar-refractivity contribution in [3.8, 4) is 28.3 Å². The maximum atomic E-state index is 12.4. The molecule has 0 fully saturated rings. The second kappa shape index (κ2) is 40.3. The van der Waals surface area contributed by atoms with Gasteiger partial charge >= 0.3 is 17.1 Å². The molecular formula is C76H80Br4Cl5CuN4O2Si2. The second-order valence-electron chi connectivity index (χ2n) is 24.7. The topological polar surface area (TPSA) is 97.1 Å². The molecule has 0 saturated heterocycles. The molecule has 0 bridgehead atoms. The summed E-state index contributed by atoms with van der Waals surface area (Å²) in [7, 11) is -2.71. The molecule has 18 heteroatoms. The number of aromatic nitrogens is 1. The number of amides is 1. The van der Waals surface area contributed by atoms with Gasteiger partial charge in [-0.1, -0.05) is 282 Å². The van der Waals surface area contributed by atoms with E-state index in [2.05, 4.69) is 241 Å². The molecule has 0 aliphatic rings. The summed E-state index contributed by atoms with van der Waals surface area (Å²) < 4.78 is 3.24. The van der Waals surface area contributed by atoms with Crippen LogP contribution in [0.1, 0.15) is 134 Å². The van der Waals surface area contributed by atoms with Crippen molar-refractivity contribution in [2.75, 3.05) is 16.4 Å². The van der Waals surface area contributed by atoms with Crippen molar-refractivity contribution in [2.24, 2.45) is 0 Å². The number of carbonyl (C=O) groups is 2. The first-order valence-corrected chi connectivity index (χ1v) is 42.2. The third kappa shape index (κ3) is 26.6. The van der Waals surface area contributed by atoms with Gasteiger partial charge in [0.2, 0.25) is 0 Å². The van der Waals surface area contributed by atoms with E-state index < -0.39 is 21.4 Å². The minimum atomic E-state index is -1.50. The van der Waals surface area contributed by atoms with Crippen LogP contribution in [0.25, 0.3) is 22.2 Å². The maximum Gasteiger partial charge on any atom is 1.00 e. The van der Waals surface area contributed by atoms with E-state index >= 15 is 0 Å². The van der Waals surface area contributed by atoms with Gasteiger partial charge in [-0.15, -0.1) is 5.54 Å². The number of fused-ring (bicyclic) bond motifs is 1. The molecule has 0 aliphatic heterocycles. The predicted octanol–water partition coefficient (Wildman–Crippen LogP) is 26.5. The first kappa shape index (κ1) is 83.6. The summed E-state index contributed by atoms with van der Waals surface area (Å²) in [6.07, 6.45) is 6.67. The fourth-order valence-electron chi connectivity index (χ4n) is 8.80. The van der Waals surface area contributed by atoms with Gasteiger partial charge in [-0.3, -0.25) is 9.59 Å². The third-order valence-electron chi connectivity index (χ3n) is 13.5. The molecule has 0 saturated carbocycles. The predicted molar refractivity (Wildman–Crippen MR) is 424 cm³/mol. The number of hydrogen-bond donors (Lipinski definition) is 3. The van der Waals surface area contributed by atoms with Gasteiger partial charge in [0.25, 0.3) is 11.1 Å². The Morgan fingerprint density at radius 2 is 0.926 bits per heavy atom. The Morgan fingerprint density at radius 1 is 0.500 bits per heavy atom. The molecule has 1 aromatic heterocycles. The Hall–Kier alpha value is -4.65. The van der Waals surface area contributed by atoms with Crippen LogP contribution in [0, 0.1) is 23.4 Å². The molecule has 498 valence electrons. The van der Waals surface area contributed by atoms with Crippen molar-refractivity contribution in [3.05, 3.63) is 259 Å². The van der Waals surface area contributed by atoms with Crippen LogP contribution in [0.15, 0.2) is 194 Å². The number of nitrogens with one attached hydrogen (secondary N) is 2. The molecule has 9 aromatic rings. The Kier molecular flexibility index (Phi) is 35.8. The minimum absolute atomic E-state index is 0. The number of para-hydroxylation sites is 4. The average molecular weight is 1700 g/mol. The van der Waals surface area contributed by atoms with Crippen molar-refractivity contribution < 1.29 is 26.7 Å². The minimum Gasteiger partial charge on any atom is -0.701 e. The molecular weight excluding hydrogens is 1620 g/mol. The van der Waals surface area contributed by atoms with Gasteiger partial charge in [0, 0.05) is 56.5 Å². The summed E-state index contributed by atoms with van der Waals surface area (Å²) in [4.78, 5) is 28.0. The second-order valence-corrected chi connectivity index (χ2v) is 39.6. The molecule has 1 atom stereocenters. The molecule has 1 heterocycles. The van der Waals surface area contributed by atoms with E-state index in [9.17, 15) is 9.59 Å². The Morgan fingerprint density at radius 3 is 1.37 bits per heavy atom. The normalized spacial score (nSPS) is 11.0. The number of rotatable bonds is 11. The molecule has 8 aromatic carbocycles. The number of nitrogens with two attached hydrogens (primary N) is 1. The summed E-state index contributed by atoms with van der Waals surface area (Å²) in [6, 6.07) is 56.5. The Labute approximate surface area is 630 Å². The zero-order valence-corrected chi connectivity index (χ0v) is 68.2. The van der Waals surface area contributed by atoms with Crippen LogP contribution in [0.2, 0.25) is 59.4 Å². The van der Waals surface area contributed by atoms with E-state index in [1.165, 1.54) is 16.7 Å². The SMILES string of the molecule is CC(C)c1cccc2ccc(-c3c(Cl)cccc3Br)nc12.CC(C)c1ccccc1N.CC(C)c1ccccc1NC(=O)c1c(Cl)cccc1Br.CC(C)c1ccccc1NC(C#C[Si](C)(C)C)c1c(Cl)cccc1Br.O=C(Cl)c1c(Cl)cccc1Br.[C-]#C[Si](C)(C)C.[Cu+]. The number of nitrogen functional groups attached to an aromatic ring is 1. The van der Waals surface area contributed by atoms with Crippen LogP contribution in [0.5, 0.6) is 0 Å². The Balaban J connectivity index is 0.000000308. The van der Waals surface area contributed by atoms with Gasteiger partial charge in [-0.25, -0.2) is 4.98 Å². The van der Waals surface area contributed by atoms with Crippen molar-refractivity contribution in [2.45, 2.75) is 124 Å². The Bertz CT molecular complexity index is 4020. The van der Waals surface area contributed by atoms with E-state index in [1.54, 1.807) is 36.4 Å². The van der Waals surface area contributed by atoms with Crippen LogP contribution in [0.4, 0.5) is 17.1 Å². The standard InChI is InChI=1S/C21H25BrClNSi.C18H15BrClN.C16H15BrClNO.C9H13N.C7H3BrCl2O.C5H9Si.Cu/c1-15(2)16-9-6-7-12-19(16)24-20(13-14-25(3,4)5)21-17(22)10-8-11-18(21)23;1-11(2)13-6-3-5-12-9-10-16(21-18(12)13)17-14(19)7-4-8-15(17)20;1-10(2)11-6-3-4-9-14(11)19-16(20)15-12(17)7-5-8-13(15)18;1-7(2)8-5-3-4-6-9(8)10;8-4-2-1-3-5(9)6(4)7(10)11;1-5-6(2,3)4;/h6-12,15,20,24H,1-5H3;3-11H,1-2H3;3-10H,1-2H3,(H,19,20);3-7H,10H2,1-2H3;1-3H;2-4H3;/q;;;;;-1;+1. The number of anilines is 3. The molecule has 4 N–H and O–H groups in total. The van der Waals surface area contributed by atoms with Crippen molar-refractivity contribution in [3.63, 3.8) is 0 Å². The molecule has 0 aliphatic carbocycles. The maximum absolute atomic E-state index is 12.4. The summed E-state index contributed by atoms with van der Waals surface area (Å²) >= 11 is 43.7. The number of nitrogens with zero attached hydrogens (tertiary/aromatic N) is 1. The van der Waals surface area contributed by atoms with Crippen molar-refractivity contribution >= 4 is 177 Å². The van der Waals surface area contributed by atoms with E-state index in [0.29, 0.717) is 58.8 Å². The van der Waals surface area contributed by atoms with Gasteiger partial charge in [0.15, 0.2) is 0 Å². The molecule has 0 spiro atoms. The van der Waals surface area contributed by atoms with Crippen molar-refractivity contribution in [1.82, 2.24) is 4.98 Å². The van der Waals surface area contributed by atoms with Gasteiger partial charge in [0.05, 0.1) is 45.5 Å². The number of benzene rings is 8. The monoisotopic (exact) mass is 1690 g/mol. The van der Waals surface area contributed by atoms with Crippen LogP contribution in [0.3, 0.4) is 0 Å². The number of pyridine rings is 1. The summed E-state index contributed by atoms with van der Waals surface area (Å²) in [5, 5.41) is 9.40. The zero-order chi connectivity index (χ0) is 69.5. The van der Waals surface area contributed by atoms with E-state index in [4.69, 9.17) is 75.1 Å². The smallest absolute Gasteiger partial charge is 0.701 e. The molecule has 0 radical (unpaired) electrons. The van der Waals surface area contributed by atoms with Crippen molar-refractivity contribution in [1.29, 1.82) is 0 Å².